The number of amides is 1. The maximum atomic E-state index is 12.5. The molecule has 1 aliphatic heterocycles. The lowest BCUT2D eigenvalue weighted by Crippen LogP contribution is -2.37. The van der Waals surface area contributed by atoms with E-state index in [1.165, 1.54) is 0 Å². The standard InChI is InChI=1S/C20H15NO3/c22-19(18-12-15-7-3-4-8-17(15)20(23)24-18)21-16-10-9-13-5-1-2-6-14(13)11-16/h1-11,18H,12H2,(H,21,22)/t18-/m1/s1. The van der Waals surface area contributed by atoms with Gasteiger partial charge in [0, 0.05) is 12.1 Å². The molecule has 0 aliphatic carbocycles. The van der Waals surface area contributed by atoms with Crippen LogP contribution in [-0.2, 0) is 16.0 Å². The molecule has 0 aromatic heterocycles. The number of hydrogen-bond donors (Lipinski definition) is 1. The van der Waals surface area contributed by atoms with Gasteiger partial charge in [-0.3, -0.25) is 4.79 Å². The van der Waals surface area contributed by atoms with E-state index < -0.39 is 12.1 Å². The van der Waals surface area contributed by atoms with Crippen LogP contribution in [0.1, 0.15) is 15.9 Å². The summed E-state index contributed by atoms with van der Waals surface area (Å²) >= 11 is 0. The Morgan fingerprint density at radius 2 is 1.71 bits per heavy atom. The van der Waals surface area contributed by atoms with E-state index >= 15 is 0 Å². The molecule has 1 heterocycles. The highest BCUT2D eigenvalue weighted by atomic mass is 16.5. The first-order valence-electron chi connectivity index (χ1n) is 7.79. The normalized spacial score (nSPS) is 16.3. The Kier molecular flexibility index (Phi) is 3.50. The summed E-state index contributed by atoms with van der Waals surface area (Å²) in [6.45, 7) is 0. The maximum absolute atomic E-state index is 12.5. The van der Waals surface area contributed by atoms with E-state index in [-0.39, 0.29) is 5.91 Å². The lowest BCUT2D eigenvalue weighted by Gasteiger charge is -2.23. The second-order valence-electron chi connectivity index (χ2n) is 5.81. The Bertz CT molecular complexity index is 948. The van der Waals surface area contributed by atoms with Crippen LogP contribution in [0.25, 0.3) is 10.8 Å². The fraction of sp³-hybridized carbons (Fsp3) is 0.100. The fourth-order valence-electron chi connectivity index (χ4n) is 2.97. The number of nitrogens with one attached hydrogen (secondary N) is 1. The average molecular weight is 317 g/mol. The van der Waals surface area contributed by atoms with Gasteiger partial charge in [-0.25, -0.2) is 4.79 Å². The molecule has 1 N–H and O–H groups in total. The molecule has 0 saturated heterocycles. The zero-order valence-electron chi connectivity index (χ0n) is 12.9. The van der Waals surface area contributed by atoms with Gasteiger partial charge in [0.05, 0.1) is 5.56 Å². The molecule has 0 radical (unpaired) electrons. The van der Waals surface area contributed by atoms with Crippen LogP contribution in [0.15, 0.2) is 66.7 Å². The highest BCUT2D eigenvalue weighted by Crippen LogP contribution is 2.23. The average Bonchev–Trinajstić information content (AvgIpc) is 2.61. The molecule has 0 fully saturated rings. The molecule has 118 valence electrons. The number of ether oxygens (including phenoxy) is 1. The fourth-order valence-corrected chi connectivity index (χ4v) is 2.97. The summed E-state index contributed by atoms with van der Waals surface area (Å²) in [6.07, 6.45) is -0.416. The number of carbonyl (C=O) groups is 2. The van der Waals surface area contributed by atoms with Gasteiger partial charge in [-0.1, -0.05) is 48.5 Å². The van der Waals surface area contributed by atoms with Crippen molar-refractivity contribution in [1.82, 2.24) is 0 Å². The van der Waals surface area contributed by atoms with Crippen molar-refractivity contribution >= 4 is 28.3 Å². The molecule has 3 aromatic carbocycles. The van der Waals surface area contributed by atoms with Crippen LogP contribution >= 0.6 is 0 Å². The summed E-state index contributed by atoms with van der Waals surface area (Å²) in [5.41, 5.74) is 2.06. The minimum absolute atomic E-state index is 0.312. The maximum Gasteiger partial charge on any atom is 0.339 e. The molecule has 1 amide bonds. The van der Waals surface area contributed by atoms with Crippen molar-refractivity contribution in [3.05, 3.63) is 77.9 Å². The van der Waals surface area contributed by atoms with Crippen molar-refractivity contribution in [2.75, 3.05) is 5.32 Å². The number of anilines is 1. The monoisotopic (exact) mass is 317 g/mol. The van der Waals surface area contributed by atoms with Gasteiger partial charge in [0.15, 0.2) is 6.10 Å². The van der Waals surface area contributed by atoms with Gasteiger partial charge in [-0.15, -0.1) is 0 Å². The first-order valence-corrected chi connectivity index (χ1v) is 7.79. The van der Waals surface area contributed by atoms with E-state index in [2.05, 4.69) is 5.32 Å². The summed E-state index contributed by atoms with van der Waals surface area (Å²) in [7, 11) is 0. The number of benzene rings is 3. The summed E-state index contributed by atoms with van der Waals surface area (Å²) in [6, 6.07) is 20.8. The smallest absolute Gasteiger partial charge is 0.339 e. The van der Waals surface area contributed by atoms with Crippen molar-refractivity contribution in [3.8, 4) is 0 Å². The number of hydrogen-bond acceptors (Lipinski definition) is 3. The van der Waals surface area contributed by atoms with Gasteiger partial charge in [0.2, 0.25) is 0 Å². The second-order valence-corrected chi connectivity index (χ2v) is 5.81. The molecule has 0 saturated carbocycles. The zero-order chi connectivity index (χ0) is 16.5. The molecule has 4 heteroatoms. The largest absolute Gasteiger partial charge is 0.448 e. The second kappa shape index (κ2) is 5.81. The van der Waals surface area contributed by atoms with E-state index in [4.69, 9.17) is 4.74 Å². The lowest BCUT2D eigenvalue weighted by atomic mass is 9.98. The first kappa shape index (κ1) is 14.5. The van der Waals surface area contributed by atoms with Crippen molar-refractivity contribution in [3.63, 3.8) is 0 Å². The summed E-state index contributed by atoms with van der Waals surface area (Å²) in [4.78, 5) is 24.5. The van der Waals surface area contributed by atoms with Crippen LogP contribution in [-0.4, -0.2) is 18.0 Å². The minimum atomic E-state index is -0.807. The SMILES string of the molecule is O=C1O[C@@H](C(=O)Nc2ccc3ccccc3c2)Cc2ccccc21. The third-order valence-electron chi connectivity index (χ3n) is 4.20. The third kappa shape index (κ3) is 2.63. The first-order chi connectivity index (χ1) is 11.7. The van der Waals surface area contributed by atoms with E-state index in [0.717, 1.165) is 16.3 Å². The van der Waals surface area contributed by atoms with Crippen LogP contribution in [0.4, 0.5) is 5.69 Å². The molecule has 4 rings (SSSR count). The van der Waals surface area contributed by atoms with Crippen LogP contribution < -0.4 is 5.32 Å². The Balaban J connectivity index is 1.55. The molecule has 0 bridgehead atoms. The number of carbonyl (C=O) groups excluding carboxylic acids is 2. The van der Waals surface area contributed by atoms with Gasteiger partial charge >= 0.3 is 5.97 Å². The van der Waals surface area contributed by atoms with E-state index in [0.29, 0.717) is 17.7 Å². The Labute approximate surface area is 139 Å². The number of esters is 1. The van der Waals surface area contributed by atoms with Gasteiger partial charge in [0.25, 0.3) is 5.91 Å². The molecular weight excluding hydrogens is 302 g/mol. The highest BCUT2D eigenvalue weighted by Gasteiger charge is 2.31. The van der Waals surface area contributed by atoms with Crippen LogP contribution in [0, 0.1) is 0 Å². The molecule has 3 aromatic rings. The van der Waals surface area contributed by atoms with Gasteiger partial charge in [0.1, 0.15) is 0 Å². The molecule has 4 nitrogen and oxygen atoms in total. The number of fused-ring (bicyclic) bond motifs is 2. The minimum Gasteiger partial charge on any atom is -0.448 e. The Morgan fingerprint density at radius 1 is 0.958 bits per heavy atom. The van der Waals surface area contributed by atoms with Crippen LogP contribution in [0.2, 0.25) is 0 Å². The van der Waals surface area contributed by atoms with Crippen LogP contribution in [0.3, 0.4) is 0 Å². The molecular formula is C20H15NO3. The highest BCUT2D eigenvalue weighted by molar-refractivity contribution is 6.01. The van der Waals surface area contributed by atoms with Gasteiger partial charge in [-0.2, -0.15) is 0 Å². The van der Waals surface area contributed by atoms with Crippen molar-refractivity contribution in [2.45, 2.75) is 12.5 Å². The molecule has 24 heavy (non-hydrogen) atoms. The Hall–Kier alpha value is -3.14. The lowest BCUT2D eigenvalue weighted by molar-refractivity contribution is -0.125. The quantitative estimate of drug-likeness (QED) is 0.735. The summed E-state index contributed by atoms with van der Waals surface area (Å²) < 4.78 is 5.28. The molecule has 0 unspecified atom stereocenters. The van der Waals surface area contributed by atoms with Crippen molar-refractivity contribution < 1.29 is 14.3 Å². The molecule has 0 spiro atoms. The Morgan fingerprint density at radius 3 is 2.58 bits per heavy atom. The van der Waals surface area contributed by atoms with Gasteiger partial charge < -0.3 is 10.1 Å². The van der Waals surface area contributed by atoms with E-state index in [1.807, 2.05) is 54.6 Å². The molecule has 1 atom stereocenters. The predicted molar refractivity (Wildman–Crippen MR) is 91.9 cm³/mol. The summed E-state index contributed by atoms with van der Waals surface area (Å²) in [5, 5.41) is 4.99. The predicted octanol–water partition coefficient (Wildman–Crippen LogP) is 3.56. The van der Waals surface area contributed by atoms with Crippen molar-refractivity contribution in [2.24, 2.45) is 0 Å². The number of rotatable bonds is 2. The van der Waals surface area contributed by atoms with Crippen molar-refractivity contribution in [1.29, 1.82) is 0 Å². The third-order valence-corrected chi connectivity index (χ3v) is 4.20. The van der Waals surface area contributed by atoms with Gasteiger partial charge in [-0.05, 0) is 34.5 Å². The summed E-state index contributed by atoms with van der Waals surface area (Å²) in [5.74, 6) is -0.761. The van der Waals surface area contributed by atoms with E-state index in [1.54, 1.807) is 12.1 Å². The van der Waals surface area contributed by atoms with E-state index in [9.17, 15) is 9.59 Å². The topological polar surface area (TPSA) is 55.4 Å². The molecule has 1 aliphatic rings. The zero-order valence-corrected chi connectivity index (χ0v) is 12.9. The van der Waals surface area contributed by atoms with Crippen LogP contribution in [0.5, 0.6) is 0 Å². The number of cyclic esters (lactones) is 1.